The van der Waals surface area contributed by atoms with Gasteiger partial charge in [0.25, 0.3) is 5.91 Å². The molecule has 2 heterocycles. The fourth-order valence-corrected chi connectivity index (χ4v) is 2.70. The standard InChI is InChI=1S/C18H14Cl2N4O/c19-13-6-14(20)8-16(7-13)24-15-3-4-17(22-11-15)18(25)23-10-12-2-1-5-21-9-12/h1-9,11,24H,10H2,(H,23,25). The maximum absolute atomic E-state index is 12.1. The molecule has 0 fully saturated rings. The van der Waals surface area contributed by atoms with E-state index in [-0.39, 0.29) is 5.91 Å². The van der Waals surface area contributed by atoms with Crippen molar-refractivity contribution >= 4 is 40.5 Å². The molecule has 2 N–H and O–H groups in total. The van der Waals surface area contributed by atoms with Crippen molar-refractivity contribution in [3.05, 3.63) is 82.4 Å². The van der Waals surface area contributed by atoms with E-state index in [1.807, 2.05) is 12.1 Å². The van der Waals surface area contributed by atoms with Crippen LogP contribution >= 0.6 is 23.2 Å². The van der Waals surface area contributed by atoms with Crippen molar-refractivity contribution in [2.24, 2.45) is 0 Å². The van der Waals surface area contributed by atoms with Gasteiger partial charge < -0.3 is 10.6 Å². The second kappa shape index (κ2) is 7.96. The van der Waals surface area contributed by atoms with Gasteiger partial charge >= 0.3 is 0 Å². The number of pyridine rings is 2. The van der Waals surface area contributed by atoms with Gasteiger partial charge in [-0.2, -0.15) is 0 Å². The monoisotopic (exact) mass is 372 g/mol. The van der Waals surface area contributed by atoms with Gasteiger partial charge in [-0.15, -0.1) is 0 Å². The van der Waals surface area contributed by atoms with E-state index in [1.54, 1.807) is 48.9 Å². The molecule has 126 valence electrons. The molecular formula is C18H14Cl2N4O. The van der Waals surface area contributed by atoms with Gasteiger partial charge in [0.15, 0.2) is 0 Å². The number of carbonyl (C=O) groups excluding carboxylic acids is 1. The lowest BCUT2D eigenvalue weighted by molar-refractivity contribution is 0.0946. The second-order valence-electron chi connectivity index (χ2n) is 5.26. The quantitative estimate of drug-likeness (QED) is 0.693. The third-order valence-electron chi connectivity index (χ3n) is 3.32. The molecule has 0 bridgehead atoms. The van der Waals surface area contributed by atoms with E-state index in [4.69, 9.17) is 23.2 Å². The topological polar surface area (TPSA) is 66.9 Å². The lowest BCUT2D eigenvalue weighted by Gasteiger charge is -2.08. The first kappa shape index (κ1) is 17.2. The highest BCUT2D eigenvalue weighted by molar-refractivity contribution is 6.35. The molecule has 7 heteroatoms. The highest BCUT2D eigenvalue weighted by Crippen LogP contribution is 2.25. The van der Waals surface area contributed by atoms with Crippen LogP contribution in [0.2, 0.25) is 10.0 Å². The molecule has 2 aromatic heterocycles. The number of benzene rings is 1. The molecule has 1 amide bonds. The molecule has 1 aromatic carbocycles. The molecule has 0 spiro atoms. The van der Waals surface area contributed by atoms with Crippen LogP contribution in [0, 0.1) is 0 Å². The maximum atomic E-state index is 12.1. The summed E-state index contributed by atoms with van der Waals surface area (Å²) in [4.78, 5) is 20.3. The first-order valence-electron chi connectivity index (χ1n) is 7.46. The molecule has 3 aromatic rings. The van der Waals surface area contributed by atoms with Gasteiger partial charge in [-0.3, -0.25) is 9.78 Å². The van der Waals surface area contributed by atoms with Crippen molar-refractivity contribution in [1.29, 1.82) is 0 Å². The molecule has 0 atom stereocenters. The second-order valence-corrected chi connectivity index (χ2v) is 6.13. The number of hydrogen-bond acceptors (Lipinski definition) is 4. The highest BCUT2D eigenvalue weighted by atomic mass is 35.5. The molecule has 0 unspecified atom stereocenters. The molecule has 5 nitrogen and oxygen atoms in total. The fourth-order valence-electron chi connectivity index (χ4n) is 2.17. The summed E-state index contributed by atoms with van der Waals surface area (Å²) in [6, 6.07) is 12.3. The summed E-state index contributed by atoms with van der Waals surface area (Å²) in [6.07, 6.45) is 4.97. The van der Waals surface area contributed by atoms with Crippen LogP contribution in [0.4, 0.5) is 11.4 Å². The van der Waals surface area contributed by atoms with Crippen molar-refractivity contribution in [3.8, 4) is 0 Å². The van der Waals surface area contributed by atoms with Gasteiger partial charge in [0.05, 0.1) is 11.9 Å². The minimum Gasteiger partial charge on any atom is -0.354 e. The number of amides is 1. The third kappa shape index (κ3) is 4.92. The van der Waals surface area contributed by atoms with Gasteiger partial charge in [0.2, 0.25) is 0 Å². The zero-order valence-electron chi connectivity index (χ0n) is 13.0. The minimum absolute atomic E-state index is 0.249. The number of nitrogens with one attached hydrogen (secondary N) is 2. The van der Waals surface area contributed by atoms with E-state index < -0.39 is 0 Å². The van der Waals surface area contributed by atoms with E-state index >= 15 is 0 Å². The highest BCUT2D eigenvalue weighted by Gasteiger charge is 2.07. The van der Waals surface area contributed by atoms with Gasteiger partial charge in [-0.1, -0.05) is 29.3 Å². The van der Waals surface area contributed by atoms with E-state index in [9.17, 15) is 4.79 Å². The van der Waals surface area contributed by atoms with Crippen LogP contribution in [0.25, 0.3) is 0 Å². The Morgan fingerprint density at radius 2 is 1.80 bits per heavy atom. The smallest absolute Gasteiger partial charge is 0.270 e. The van der Waals surface area contributed by atoms with Crippen LogP contribution in [0.3, 0.4) is 0 Å². The summed E-state index contributed by atoms with van der Waals surface area (Å²) in [5, 5.41) is 7.01. The number of carbonyl (C=O) groups is 1. The number of hydrogen-bond donors (Lipinski definition) is 2. The number of halogens is 2. The van der Waals surface area contributed by atoms with Crippen LogP contribution in [0.5, 0.6) is 0 Å². The predicted molar refractivity (Wildman–Crippen MR) is 99.4 cm³/mol. The summed E-state index contributed by atoms with van der Waals surface area (Å²) < 4.78 is 0. The number of rotatable bonds is 5. The number of anilines is 2. The molecule has 3 rings (SSSR count). The summed E-state index contributed by atoms with van der Waals surface area (Å²) >= 11 is 11.9. The first-order chi connectivity index (χ1) is 12.1. The zero-order valence-corrected chi connectivity index (χ0v) is 14.6. The Bertz CT molecular complexity index is 850. The Morgan fingerprint density at radius 3 is 2.44 bits per heavy atom. The summed E-state index contributed by atoms with van der Waals surface area (Å²) in [5.74, 6) is -0.249. The van der Waals surface area contributed by atoms with E-state index in [2.05, 4.69) is 20.6 Å². The van der Waals surface area contributed by atoms with Gasteiger partial charge in [0, 0.05) is 34.7 Å². The van der Waals surface area contributed by atoms with Gasteiger partial charge in [-0.05, 0) is 42.0 Å². The van der Waals surface area contributed by atoms with Crippen molar-refractivity contribution < 1.29 is 4.79 Å². The van der Waals surface area contributed by atoms with Crippen LogP contribution in [-0.4, -0.2) is 15.9 Å². The molecular weight excluding hydrogens is 359 g/mol. The van der Waals surface area contributed by atoms with Crippen molar-refractivity contribution in [3.63, 3.8) is 0 Å². The summed E-state index contributed by atoms with van der Waals surface area (Å²) in [7, 11) is 0. The van der Waals surface area contributed by atoms with Crippen molar-refractivity contribution in [2.45, 2.75) is 6.54 Å². The average Bonchev–Trinajstić information content (AvgIpc) is 2.60. The van der Waals surface area contributed by atoms with E-state index in [1.165, 1.54) is 0 Å². The molecule has 25 heavy (non-hydrogen) atoms. The number of nitrogens with zero attached hydrogens (tertiary/aromatic N) is 2. The largest absolute Gasteiger partial charge is 0.354 e. The Hall–Kier alpha value is -2.63. The zero-order chi connectivity index (χ0) is 17.6. The predicted octanol–water partition coefficient (Wildman–Crippen LogP) is 4.46. The summed E-state index contributed by atoms with van der Waals surface area (Å²) in [6.45, 7) is 0.398. The Labute approximate surface area is 155 Å². The van der Waals surface area contributed by atoms with Crippen molar-refractivity contribution in [2.75, 3.05) is 5.32 Å². The van der Waals surface area contributed by atoms with Gasteiger partial charge in [-0.25, -0.2) is 4.98 Å². The minimum atomic E-state index is -0.249. The molecule has 0 aliphatic rings. The van der Waals surface area contributed by atoms with Crippen LogP contribution in [0.15, 0.2) is 61.1 Å². The lowest BCUT2D eigenvalue weighted by atomic mass is 10.2. The summed E-state index contributed by atoms with van der Waals surface area (Å²) in [5.41, 5.74) is 2.72. The Kier molecular flexibility index (Phi) is 5.48. The fraction of sp³-hybridized carbons (Fsp3) is 0.0556. The van der Waals surface area contributed by atoms with Crippen LogP contribution < -0.4 is 10.6 Å². The normalized spacial score (nSPS) is 10.3. The van der Waals surface area contributed by atoms with Gasteiger partial charge in [0.1, 0.15) is 5.69 Å². The third-order valence-corrected chi connectivity index (χ3v) is 3.76. The maximum Gasteiger partial charge on any atom is 0.270 e. The molecule has 0 saturated heterocycles. The van der Waals surface area contributed by atoms with Crippen LogP contribution in [-0.2, 0) is 6.54 Å². The van der Waals surface area contributed by atoms with E-state index in [0.717, 1.165) is 16.9 Å². The molecule has 0 saturated carbocycles. The molecule has 0 aliphatic heterocycles. The van der Waals surface area contributed by atoms with E-state index in [0.29, 0.717) is 22.3 Å². The lowest BCUT2D eigenvalue weighted by Crippen LogP contribution is -2.23. The molecule has 0 aliphatic carbocycles. The van der Waals surface area contributed by atoms with Crippen molar-refractivity contribution in [1.82, 2.24) is 15.3 Å². The number of aromatic nitrogens is 2. The first-order valence-corrected chi connectivity index (χ1v) is 8.22. The SMILES string of the molecule is O=C(NCc1cccnc1)c1ccc(Nc2cc(Cl)cc(Cl)c2)cn1. The van der Waals surface area contributed by atoms with Crippen LogP contribution in [0.1, 0.15) is 16.1 Å². The Balaban J connectivity index is 1.62. The average molecular weight is 373 g/mol. The Morgan fingerprint density at radius 1 is 1.00 bits per heavy atom. The molecule has 0 radical (unpaired) electrons.